The number of aliphatic hydroxyl groups excluding tert-OH is 1. The van der Waals surface area contributed by atoms with Crippen molar-refractivity contribution in [2.75, 3.05) is 18.2 Å². The van der Waals surface area contributed by atoms with Crippen LogP contribution in [0.25, 0.3) is 0 Å². The van der Waals surface area contributed by atoms with Gasteiger partial charge in [0.2, 0.25) is 5.91 Å². The summed E-state index contributed by atoms with van der Waals surface area (Å²) in [7, 11) is -3.45. The SMILES string of the molecule is CC(C(=O)Nc1cccc(C#CCCO)n1)S(C)(=O)=O. The molecule has 0 saturated heterocycles. The van der Waals surface area contributed by atoms with Crippen LogP contribution in [0, 0.1) is 11.8 Å². The molecular formula is C13H16N2O4S. The summed E-state index contributed by atoms with van der Waals surface area (Å²) in [4.78, 5) is 15.8. The van der Waals surface area contributed by atoms with Crippen molar-refractivity contribution in [3.63, 3.8) is 0 Å². The molecule has 1 aromatic rings. The quantitative estimate of drug-likeness (QED) is 0.773. The molecule has 1 rings (SSSR count). The van der Waals surface area contributed by atoms with Gasteiger partial charge in [-0.2, -0.15) is 0 Å². The topological polar surface area (TPSA) is 96.4 Å². The molecular weight excluding hydrogens is 280 g/mol. The maximum atomic E-state index is 11.7. The molecule has 1 unspecified atom stereocenters. The van der Waals surface area contributed by atoms with E-state index < -0.39 is 21.0 Å². The summed E-state index contributed by atoms with van der Waals surface area (Å²) in [6.45, 7) is 1.28. The molecule has 20 heavy (non-hydrogen) atoms. The van der Waals surface area contributed by atoms with E-state index in [1.807, 2.05) is 0 Å². The third-order valence-electron chi connectivity index (χ3n) is 2.47. The summed E-state index contributed by atoms with van der Waals surface area (Å²) in [6, 6.07) is 4.85. The van der Waals surface area contributed by atoms with E-state index in [0.717, 1.165) is 6.26 Å². The second-order valence-electron chi connectivity index (χ2n) is 4.14. The van der Waals surface area contributed by atoms with E-state index in [4.69, 9.17) is 5.11 Å². The van der Waals surface area contributed by atoms with Crippen LogP contribution in [0.2, 0.25) is 0 Å². The molecule has 0 aliphatic rings. The van der Waals surface area contributed by atoms with E-state index in [1.165, 1.54) is 6.92 Å². The highest BCUT2D eigenvalue weighted by molar-refractivity contribution is 7.92. The first-order valence-corrected chi connectivity index (χ1v) is 7.86. The van der Waals surface area contributed by atoms with Gasteiger partial charge < -0.3 is 10.4 Å². The van der Waals surface area contributed by atoms with Crippen molar-refractivity contribution in [2.24, 2.45) is 0 Å². The van der Waals surface area contributed by atoms with Crippen molar-refractivity contribution in [2.45, 2.75) is 18.6 Å². The smallest absolute Gasteiger partial charge is 0.243 e. The molecule has 1 heterocycles. The van der Waals surface area contributed by atoms with Crippen molar-refractivity contribution >= 4 is 21.6 Å². The van der Waals surface area contributed by atoms with Gasteiger partial charge in [-0.15, -0.1) is 0 Å². The molecule has 1 aromatic heterocycles. The lowest BCUT2D eigenvalue weighted by Crippen LogP contribution is -2.32. The second-order valence-corrected chi connectivity index (χ2v) is 6.51. The van der Waals surface area contributed by atoms with E-state index in [2.05, 4.69) is 22.1 Å². The molecule has 7 heteroatoms. The number of hydrogen-bond acceptors (Lipinski definition) is 5. The van der Waals surface area contributed by atoms with Gasteiger partial charge in [0.25, 0.3) is 0 Å². The van der Waals surface area contributed by atoms with Crippen LogP contribution in [0.15, 0.2) is 18.2 Å². The minimum Gasteiger partial charge on any atom is -0.395 e. The number of anilines is 1. The lowest BCUT2D eigenvalue weighted by Gasteiger charge is -2.09. The number of carbonyl (C=O) groups is 1. The van der Waals surface area contributed by atoms with E-state index >= 15 is 0 Å². The highest BCUT2D eigenvalue weighted by Crippen LogP contribution is 2.07. The maximum absolute atomic E-state index is 11.7. The molecule has 0 bridgehead atoms. The number of nitrogens with one attached hydrogen (secondary N) is 1. The Hall–Kier alpha value is -1.91. The highest BCUT2D eigenvalue weighted by atomic mass is 32.2. The molecule has 2 N–H and O–H groups in total. The molecule has 1 atom stereocenters. The zero-order chi connectivity index (χ0) is 15.2. The van der Waals surface area contributed by atoms with Crippen molar-refractivity contribution in [3.05, 3.63) is 23.9 Å². The molecule has 0 fully saturated rings. The fraction of sp³-hybridized carbons (Fsp3) is 0.385. The molecule has 0 spiro atoms. The summed E-state index contributed by atoms with van der Waals surface area (Å²) < 4.78 is 22.6. The standard InChI is InChI=1S/C13H16N2O4S/c1-10(20(2,18)19)13(17)15-12-8-5-7-11(14-12)6-3-4-9-16/h5,7-8,10,16H,4,9H2,1-2H3,(H,14,15,17). The molecule has 0 aromatic carbocycles. The Balaban J connectivity index is 2.82. The molecule has 108 valence electrons. The van der Waals surface area contributed by atoms with E-state index in [0.29, 0.717) is 12.1 Å². The fourth-order valence-corrected chi connectivity index (χ4v) is 1.65. The number of carbonyl (C=O) groups excluding carboxylic acids is 1. The Kier molecular flexibility index (Phi) is 5.67. The largest absolute Gasteiger partial charge is 0.395 e. The summed E-state index contributed by atoms with van der Waals surface area (Å²) in [5.41, 5.74) is 0.434. The average molecular weight is 296 g/mol. The number of amides is 1. The normalized spacial score (nSPS) is 12.2. The van der Waals surface area contributed by atoms with Gasteiger partial charge in [0.05, 0.1) is 6.61 Å². The van der Waals surface area contributed by atoms with Gasteiger partial charge in [0.15, 0.2) is 9.84 Å². The van der Waals surface area contributed by atoms with Crippen LogP contribution in [0.4, 0.5) is 5.82 Å². The number of hydrogen-bond donors (Lipinski definition) is 2. The van der Waals surface area contributed by atoms with Crippen LogP contribution in [0.3, 0.4) is 0 Å². The van der Waals surface area contributed by atoms with Crippen LogP contribution in [-0.4, -0.2) is 42.5 Å². The Morgan fingerprint density at radius 1 is 1.50 bits per heavy atom. The minimum atomic E-state index is -3.45. The van der Waals surface area contributed by atoms with Crippen LogP contribution in [-0.2, 0) is 14.6 Å². The first kappa shape index (κ1) is 16.1. The third-order valence-corrected chi connectivity index (χ3v) is 3.96. The van der Waals surface area contributed by atoms with Crippen molar-refractivity contribution < 1.29 is 18.3 Å². The molecule has 1 amide bonds. The second kappa shape index (κ2) is 7.03. The Bertz CT molecular complexity index is 644. The maximum Gasteiger partial charge on any atom is 0.243 e. The van der Waals surface area contributed by atoms with Crippen LogP contribution in [0.1, 0.15) is 19.0 Å². The van der Waals surface area contributed by atoms with Gasteiger partial charge in [0, 0.05) is 12.7 Å². The van der Waals surface area contributed by atoms with Crippen molar-refractivity contribution in [1.29, 1.82) is 0 Å². The molecule has 0 aliphatic heterocycles. The van der Waals surface area contributed by atoms with Crippen LogP contribution < -0.4 is 5.32 Å². The van der Waals surface area contributed by atoms with Crippen LogP contribution >= 0.6 is 0 Å². The van der Waals surface area contributed by atoms with E-state index in [-0.39, 0.29) is 12.4 Å². The van der Waals surface area contributed by atoms with Crippen molar-refractivity contribution in [1.82, 2.24) is 4.98 Å². The Morgan fingerprint density at radius 3 is 2.80 bits per heavy atom. The minimum absolute atomic E-state index is 0.0324. The molecule has 0 aliphatic carbocycles. The van der Waals surface area contributed by atoms with E-state index in [9.17, 15) is 13.2 Å². The van der Waals surface area contributed by atoms with Gasteiger partial charge in [-0.25, -0.2) is 13.4 Å². The van der Waals surface area contributed by atoms with E-state index in [1.54, 1.807) is 18.2 Å². The Morgan fingerprint density at radius 2 is 2.20 bits per heavy atom. The first-order chi connectivity index (χ1) is 9.34. The zero-order valence-electron chi connectivity index (χ0n) is 11.3. The first-order valence-electron chi connectivity index (χ1n) is 5.91. The van der Waals surface area contributed by atoms with Crippen molar-refractivity contribution in [3.8, 4) is 11.8 Å². The number of sulfone groups is 1. The number of nitrogens with zero attached hydrogens (tertiary/aromatic N) is 1. The molecule has 6 nitrogen and oxygen atoms in total. The third kappa shape index (κ3) is 4.99. The summed E-state index contributed by atoms with van der Waals surface area (Å²) in [6.07, 6.45) is 1.34. The van der Waals surface area contributed by atoms with Gasteiger partial charge in [-0.05, 0) is 25.0 Å². The van der Waals surface area contributed by atoms with Gasteiger partial charge in [0.1, 0.15) is 16.8 Å². The molecule has 0 saturated carbocycles. The summed E-state index contributed by atoms with van der Waals surface area (Å²) >= 11 is 0. The number of rotatable bonds is 4. The average Bonchev–Trinajstić information content (AvgIpc) is 2.37. The monoisotopic (exact) mass is 296 g/mol. The van der Waals surface area contributed by atoms with Gasteiger partial charge in [-0.3, -0.25) is 4.79 Å². The predicted octanol–water partition coefficient (Wildman–Crippen LogP) is 0.187. The number of aromatic nitrogens is 1. The Labute approximate surface area is 118 Å². The summed E-state index contributed by atoms with van der Waals surface area (Å²) in [5, 5.41) is 9.91. The number of pyridine rings is 1. The van der Waals surface area contributed by atoms with Crippen LogP contribution in [0.5, 0.6) is 0 Å². The number of aliphatic hydroxyl groups is 1. The predicted molar refractivity (Wildman–Crippen MR) is 75.8 cm³/mol. The zero-order valence-corrected chi connectivity index (χ0v) is 12.1. The summed E-state index contributed by atoms with van der Waals surface area (Å²) in [5.74, 6) is 5.03. The van der Waals surface area contributed by atoms with Gasteiger partial charge in [-0.1, -0.05) is 12.0 Å². The van der Waals surface area contributed by atoms with Gasteiger partial charge >= 0.3 is 0 Å². The fourth-order valence-electron chi connectivity index (χ4n) is 1.21. The lowest BCUT2D eigenvalue weighted by molar-refractivity contribution is -0.115. The lowest BCUT2D eigenvalue weighted by atomic mass is 10.3. The molecule has 0 radical (unpaired) electrons. The highest BCUT2D eigenvalue weighted by Gasteiger charge is 2.23.